The number of fused-ring (bicyclic) bond motifs is 1. The summed E-state index contributed by atoms with van der Waals surface area (Å²) in [7, 11) is 0. The van der Waals surface area contributed by atoms with E-state index in [1.165, 1.54) is 6.07 Å². The molecule has 0 amide bonds. The van der Waals surface area contributed by atoms with Gasteiger partial charge in [0, 0.05) is 22.2 Å². The molecule has 2 aromatic carbocycles. The van der Waals surface area contributed by atoms with Crippen molar-refractivity contribution in [3.05, 3.63) is 65.1 Å². The van der Waals surface area contributed by atoms with Crippen molar-refractivity contribution < 1.29 is 9.13 Å². The highest BCUT2D eigenvalue weighted by Gasteiger charge is 2.11. The fourth-order valence-electron chi connectivity index (χ4n) is 2.47. The summed E-state index contributed by atoms with van der Waals surface area (Å²) < 4.78 is 21.5. The lowest BCUT2D eigenvalue weighted by atomic mass is 10.2. The van der Waals surface area contributed by atoms with Crippen LogP contribution in [0.15, 0.2) is 48.7 Å². The molecule has 0 radical (unpaired) electrons. The zero-order chi connectivity index (χ0) is 14.8. The van der Waals surface area contributed by atoms with Gasteiger partial charge in [0.25, 0.3) is 0 Å². The van der Waals surface area contributed by atoms with Crippen molar-refractivity contribution in [2.24, 2.45) is 0 Å². The maximum absolute atomic E-state index is 13.9. The molecule has 3 aromatic rings. The van der Waals surface area contributed by atoms with E-state index in [0.717, 1.165) is 16.7 Å². The summed E-state index contributed by atoms with van der Waals surface area (Å²) in [6.07, 6.45) is 1.93. The van der Waals surface area contributed by atoms with Crippen molar-refractivity contribution in [1.82, 2.24) is 4.57 Å². The van der Waals surface area contributed by atoms with E-state index in [2.05, 4.69) is 0 Å². The third-order valence-corrected chi connectivity index (χ3v) is 3.82. The molecule has 0 aliphatic carbocycles. The molecule has 0 saturated heterocycles. The highest BCUT2D eigenvalue weighted by molar-refractivity contribution is 6.31. The first-order valence-electron chi connectivity index (χ1n) is 6.84. The smallest absolute Gasteiger partial charge is 0.129 e. The summed E-state index contributed by atoms with van der Waals surface area (Å²) in [6.45, 7) is 2.96. The van der Waals surface area contributed by atoms with E-state index in [1.54, 1.807) is 12.1 Å². The van der Waals surface area contributed by atoms with E-state index >= 15 is 0 Å². The number of nitrogens with zero attached hydrogens (tertiary/aromatic N) is 1. The number of ether oxygens (including phenoxy) is 1. The summed E-state index contributed by atoms with van der Waals surface area (Å²) in [6, 6.07) is 12.6. The number of halogens is 2. The van der Waals surface area contributed by atoms with Crippen molar-refractivity contribution in [3.63, 3.8) is 0 Å². The first-order chi connectivity index (χ1) is 10.2. The Hall–Kier alpha value is -2.00. The highest BCUT2D eigenvalue weighted by Crippen LogP contribution is 2.28. The molecule has 0 aliphatic rings. The summed E-state index contributed by atoms with van der Waals surface area (Å²) >= 11 is 6.10. The number of aromatic nitrogens is 1. The molecule has 2 nitrogen and oxygen atoms in total. The van der Waals surface area contributed by atoms with E-state index in [0.29, 0.717) is 23.7 Å². The Morgan fingerprint density at radius 2 is 1.95 bits per heavy atom. The van der Waals surface area contributed by atoms with Gasteiger partial charge in [0.1, 0.15) is 11.6 Å². The van der Waals surface area contributed by atoms with Crippen LogP contribution in [0.1, 0.15) is 12.5 Å². The Morgan fingerprint density at radius 3 is 2.71 bits per heavy atom. The highest BCUT2D eigenvalue weighted by atomic mass is 35.5. The van der Waals surface area contributed by atoms with Gasteiger partial charge in [0.15, 0.2) is 0 Å². The van der Waals surface area contributed by atoms with Crippen LogP contribution in [-0.2, 0) is 6.54 Å². The van der Waals surface area contributed by atoms with Gasteiger partial charge in [-0.25, -0.2) is 4.39 Å². The van der Waals surface area contributed by atoms with Crippen LogP contribution in [0, 0.1) is 5.82 Å². The van der Waals surface area contributed by atoms with Gasteiger partial charge >= 0.3 is 0 Å². The fraction of sp³-hybridized carbons (Fsp3) is 0.176. The average Bonchev–Trinajstić information content (AvgIpc) is 2.88. The first kappa shape index (κ1) is 14.0. The lowest BCUT2D eigenvalue weighted by Gasteiger charge is -2.10. The molecule has 0 atom stereocenters. The predicted octanol–water partition coefficient (Wildman–Crippen LogP) is 4.88. The maximum Gasteiger partial charge on any atom is 0.129 e. The summed E-state index contributed by atoms with van der Waals surface area (Å²) in [5.74, 6) is 0.554. The number of rotatable bonds is 4. The largest absolute Gasteiger partial charge is 0.493 e. The third-order valence-electron chi connectivity index (χ3n) is 3.46. The quantitative estimate of drug-likeness (QED) is 0.670. The van der Waals surface area contributed by atoms with Crippen molar-refractivity contribution in [2.75, 3.05) is 6.61 Å². The molecule has 0 fully saturated rings. The Labute approximate surface area is 127 Å². The summed E-state index contributed by atoms with van der Waals surface area (Å²) in [5, 5.41) is 1.46. The van der Waals surface area contributed by atoms with Crippen LogP contribution in [0.2, 0.25) is 5.02 Å². The minimum atomic E-state index is -0.287. The van der Waals surface area contributed by atoms with Crippen LogP contribution >= 0.6 is 11.6 Å². The molecule has 108 valence electrons. The fourth-order valence-corrected chi connectivity index (χ4v) is 2.69. The second-order valence-electron chi connectivity index (χ2n) is 4.77. The van der Waals surface area contributed by atoms with E-state index in [9.17, 15) is 4.39 Å². The molecule has 3 rings (SSSR count). The second kappa shape index (κ2) is 5.78. The summed E-state index contributed by atoms with van der Waals surface area (Å²) in [5.41, 5.74) is 1.50. The van der Waals surface area contributed by atoms with Crippen LogP contribution in [0.4, 0.5) is 4.39 Å². The molecule has 0 aliphatic heterocycles. The Bertz CT molecular complexity index is 761. The first-order valence-corrected chi connectivity index (χ1v) is 7.22. The van der Waals surface area contributed by atoms with Crippen molar-refractivity contribution in [3.8, 4) is 5.75 Å². The molecular weight excluding hydrogens is 289 g/mol. The van der Waals surface area contributed by atoms with Crippen LogP contribution in [0.25, 0.3) is 10.9 Å². The van der Waals surface area contributed by atoms with Crippen LogP contribution in [0.3, 0.4) is 0 Å². The molecular formula is C17H15ClFNO. The molecule has 0 unspecified atom stereocenters. The Kier molecular flexibility index (Phi) is 3.84. The van der Waals surface area contributed by atoms with Gasteiger partial charge in [-0.15, -0.1) is 0 Å². The van der Waals surface area contributed by atoms with E-state index in [1.807, 2.05) is 42.0 Å². The molecule has 1 heterocycles. The van der Waals surface area contributed by atoms with Crippen molar-refractivity contribution in [1.29, 1.82) is 0 Å². The van der Waals surface area contributed by atoms with Crippen LogP contribution < -0.4 is 4.74 Å². The van der Waals surface area contributed by atoms with Crippen molar-refractivity contribution in [2.45, 2.75) is 13.5 Å². The lowest BCUT2D eigenvalue weighted by Crippen LogP contribution is -2.01. The normalized spacial score (nSPS) is 11.0. The minimum Gasteiger partial charge on any atom is -0.493 e. The zero-order valence-electron chi connectivity index (χ0n) is 11.6. The molecule has 21 heavy (non-hydrogen) atoms. The van der Waals surface area contributed by atoms with Crippen LogP contribution in [-0.4, -0.2) is 11.2 Å². The van der Waals surface area contributed by atoms with Gasteiger partial charge in [0.2, 0.25) is 0 Å². The molecule has 1 aromatic heterocycles. The minimum absolute atomic E-state index is 0.287. The van der Waals surface area contributed by atoms with E-state index in [-0.39, 0.29) is 5.82 Å². The zero-order valence-corrected chi connectivity index (χ0v) is 12.4. The second-order valence-corrected chi connectivity index (χ2v) is 5.17. The molecule has 4 heteroatoms. The number of hydrogen-bond acceptors (Lipinski definition) is 1. The molecule has 0 saturated carbocycles. The molecule has 0 spiro atoms. The standard InChI is InChI=1S/C17H15ClFNO/c1-2-21-17-8-4-7-16-12(17)9-10-20(16)11-13-14(18)5-3-6-15(13)19/h3-10H,2,11H2,1H3. The number of hydrogen-bond donors (Lipinski definition) is 0. The average molecular weight is 304 g/mol. The third kappa shape index (κ3) is 2.61. The molecule has 0 bridgehead atoms. The van der Waals surface area contributed by atoms with E-state index in [4.69, 9.17) is 16.3 Å². The Balaban J connectivity index is 2.04. The van der Waals surface area contributed by atoms with Gasteiger partial charge in [-0.2, -0.15) is 0 Å². The van der Waals surface area contributed by atoms with Gasteiger partial charge in [-0.1, -0.05) is 23.7 Å². The van der Waals surface area contributed by atoms with Crippen molar-refractivity contribution >= 4 is 22.5 Å². The van der Waals surface area contributed by atoms with Gasteiger partial charge in [-0.3, -0.25) is 0 Å². The van der Waals surface area contributed by atoms with Gasteiger partial charge in [-0.05, 0) is 37.3 Å². The molecule has 0 N–H and O–H groups in total. The Morgan fingerprint density at radius 1 is 1.14 bits per heavy atom. The summed E-state index contributed by atoms with van der Waals surface area (Å²) in [4.78, 5) is 0. The van der Waals surface area contributed by atoms with Gasteiger partial charge in [0.05, 0.1) is 18.7 Å². The maximum atomic E-state index is 13.9. The SMILES string of the molecule is CCOc1cccc2c1ccn2Cc1c(F)cccc1Cl. The monoisotopic (exact) mass is 303 g/mol. The van der Waals surface area contributed by atoms with Crippen LogP contribution in [0.5, 0.6) is 5.75 Å². The van der Waals surface area contributed by atoms with Gasteiger partial charge < -0.3 is 9.30 Å². The topological polar surface area (TPSA) is 14.2 Å². The van der Waals surface area contributed by atoms with E-state index < -0.39 is 0 Å². The lowest BCUT2D eigenvalue weighted by molar-refractivity contribution is 0.344. The number of benzene rings is 2. The predicted molar refractivity (Wildman–Crippen MR) is 83.6 cm³/mol.